The number of fused-ring (bicyclic) bond motifs is 1. The molecule has 4 rings (SSSR count). The molecule has 0 saturated carbocycles. The van der Waals surface area contributed by atoms with Crippen LogP contribution in [0.5, 0.6) is 0 Å². The van der Waals surface area contributed by atoms with Crippen LogP contribution in [0.4, 0.5) is 14.6 Å². The molecule has 0 amide bonds. The van der Waals surface area contributed by atoms with Crippen LogP contribution in [0.2, 0.25) is 0 Å². The summed E-state index contributed by atoms with van der Waals surface area (Å²) in [5.74, 6) is 0.215. The molecule has 0 radical (unpaired) electrons. The highest BCUT2D eigenvalue weighted by Crippen LogP contribution is 2.38. The molecule has 5 heteroatoms. The average Bonchev–Trinajstić information content (AvgIpc) is 3.11. The number of aromatic nitrogens is 2. The van der Waals surface area contributed by atoms with Crippen LogP contribution in [-0.4, -0.2) is 16.5 Å². The number of nitrogens with zero attached hydrogens (tertiary/aromatic N) is 3. The quantitative estimate of drug-likeness (QED) is 0.655. The van der Waals surface area contributed by atoms with Gasteiger partial charge in [-0.15, -0.1) is 0 Å². The fourth-order valence-electron chi connectivity index (χ4n) is 3.55. The first-order valence-corrected chi connectivity index (χ1v) is 8.51. The standard InChI is InChI=1S/C20H19F2N3/c1-13-8-10-14(11-9-13)17-7-4-12-25(17)20-15-5-2-3-6-16(15)23-19(24-20)18(21)22/h2-3,5-6,8-11,17-18H,4,7,12H2,1H3. The molecule has 1 aliphatic rings. The lowest BCUT2D eigenvalue weighted by molar-refractivity contribution is 0.141. The molecule has 2 heterocycles. The number of aryl methyl sites for hydroxylation is 1. The van der Waals surface area contributed by atoms with Gasteiger partial charge in [-0.3, -0.25) is 0 Å². The number of hydrogen-bond acceptors (Lipinski definition) is 3. The van der Waals surface area contributed by atoms with E-state index in [1.807, 2.05) is 18.2 Å². The van der Waals surface area contributed by atoms with Crippen molar-refractivity contribution < 1.29 is 8.78 Å². The fourth-order valence-corrected chi connectivity index (χ4v) is 3.55. The molecule has 0 bridgehead atoms. The number of rotatable bonds is 3. The van der Waals surface area contributed by atoms with Crippen molar-refractivity contribution in [1.29, 1.82) is 0 Å². The molecular weight excluding hydrogens is 320 g/mol. The minimum atomic E-state index is -2.68. The van der Waals surface area contributed by atoms with Crippen LogP contribution in [0.15, 0.2) is 48.5 Å². The number of benzene rings is 2. The van der Waals surface area contributed by atoms with E-state index < -0.39 is 12.2 Å². The summed E-state index contributed by atoms with van der Waals surface area (Å²) in [4.78, 5) is 10.4. The zero-order valence-corrected chi connectivity index (χ0v) is 14.0. The largest absolute Gasteiger partial charge is 0.349 e. The minimum Gasteiger partial charge on any atom is -0.349 e. The minimum absolute atomic E-state index is 0.157. The van der Waals surface area contributed by atoms with Crippen molar-refractivity contribution in [1.82, 2.24) is 9.97 Å². The molecule has 128 valence electrons. The van der Waals surface area contributed by atoms with Crippen molar-refractivity contribution in [3.63, 3.8) is 0 Å². The first-order valence-electron chi connectivity index (χ1n) is 8.51. The zero-order chi connectivity index (χ0) is 17.4. The van der Waals surface area contributed by atoms with Crippen LogP contribution in [0.1, 0.15) is 42.3 Å². The monoisotopic (exact) mass is 339 g/mol. The van der Waals surface area contributed by atoms with Gasteiger partial charge in [0.25, 0.3) is 6.43 Å². The van der Waals surface area contributed by atoms with E-state index in [1.165, 1.54) is 11.1 Å². The van der Waals surface area contributed by atoms with Gasteiger partial charge in [-0.1, -0.05) is 42.0 Å². The SMILES string of the molecule is Cc1ccc(C2CCCN2c2nc(C(F)F)nc3ccccc23)cc1. The second-order valence-electron chi connectivity index (χ2n) is 6.49. The third-order valence-corrected chi connectivity index (χ3v) is 4.78. The van der Waals surface area contributed by atoms with Crippen molar-refractivity contribution in [3.8, 4) is 0 Å². The molecule has 3 nitrogen and oxygen atoms in total. The van der Waals surface area contributed by atoms with E-state index in [0.717, 1.165) is 24.8 Å². The van der Waals surface area contributed by atoms with Crippen LogP contribution in [0.25, 0.3) is 10.9 Å². The lowest BCUT2D eigenvalue weighted by atomic mass is 10.0. The number of anilines is 1. The second-order valence-corrected chi connectivity index (χ2v) is 6.49. The normalized spacial score (nSPS) is 17.6. The molecule has 2 aromatic carbocycles. The third kappa shape index (κ3) is 2.95. The topological polar surface area (TPSA) is 29.0 Å². The molecule has 25 heavy (non-hydrogen) atoms. The second kappa shape index (κ2) is 6.39. The van der Waals surface area contributed by atoms with E-state index in [1.54, 1.807) is 6.07 Å². The van der Waals surface area contributed by atoms with Crippen molar-refractivity contribution in [2.75, 3.05) is 11.4 Å². The number of hydrogen-bond donors (Lipinski definition) is 0. The Kier molecular flexibility index (Phi) is 4.07. The summed E-state index contributed by atoms with van der Waals surface area (Å²) in [7, 11) is 0. The van der Waals surface area contributed by atoms with E-state index in [4.69, 9.17) is 0 Å². The Morgan fingerprint density at radius 2 is 1.80 bits per heavy atom. The third-order valence-electron chi connectivity index (χ3n) is 4.78. The molecule has 0 spiro atoms. The van der Waals surface area contributed by atoms with Crippen LogP contribution >= 0.6 is 0 Å². The van der Waals surface area contributed by atoms with Crippen LogP contribution in [0.3, 0.4) is 0 Å². The van der Waals surface area contributed by atoms with Crippen molar-refractivity contribution >= 4 is 16.7 Å². The summed E-state index contributed by atoms with van der Waals surface area (Å²) in [6.45, 7) is 2.87. The van der Waals surface area contributed by atoms with Crippen molar-refractivity contribution in [2.24, 2.45) is 0 Å². The predicted molar refractivity (Wildman–Crippen MR) is 95.0 cm³/mol. The number of alkyl halides is 2. The van der Waals surface area contributed by atoms with Gasteiger partial charge in [0, 0.05) is 11.9 Å². The van der Waals surface area contributed by atoms with Gasteiger partial charge in [-0.05, 0) is 37.5 Å². The maximum Gasteiger partial charge on any atom is 0.297 e. The first kappa shape index (κ1) is 15.9. The molecule has 1 unspecified atom stereocenters. The van der Waals surface area contributed by atoms with E-state index in [0.29, 0.717) is 11.3 Å². The molecule has 1 aliphatic heterocycles. The van der Waals surface area contributed by atoms with E-state index in [-0.39, 0.29) is 6.04 Å². The zero-order valence-electron chi connectivity index (χ0n) is 14.0. The number of para-hydroxylation sites is 1. The van der Waals surface area contributed by atoms with Gasteiger partial charge >= 0.3 is 0 Å². The Morgan fingerprint density at radius 3 is 2.56 bits per heavy atom. The summed E-state index contributed by atoms with van der Waals surface area (Å²) in [6, 6.07) is 16.0. The molecular formula is C20H19F2N3. The maximum atomic E-state index is 13.3. The molecule has 0 aliphatic carbocycles. The van der Waals surface area contributed by atoms with Crippen LogP contribution in [0, 0.1) is 6.92 Å². The molecule has 1 aromatic heterocycles. The average molecular weight is 339 g/mol. The van der Waals surface area contributed by atoms with E-state index in [2.05, 4.69) is 46.1 Å². The van der Waals surface area contributed by atoms with Gasteiger partial charge < -0.3 is 4.90 Å². The Labute approximate surface area is 145 Å². The highest BCUT2D eigenvalue weighted by atomic mass is 19.3. The smallest absolute Gasteiger partial charge is 0.297 e. The summed E-state index contributed by atoms with van der Waals surface area (Å²) in [5, 5.41) is 0.825. The highest BCUT2D eigenvalue weighted by molar-refractivity contribution is 5.89. The molecule has 0 N–H and O–H groups in total. The van der Waals surface area contributed by atoms with Crippen molar-refractivity contribution in [2.45, 2.75) is 32.2 Å². The van der Waals surface area contributed by atoms with E-state index in [9.17, 15) is 8.78 Å². The van der Waals surface area contributed by atoms with Gasteiger partial charge in [-0.2, -0.15) is 0 Å². The van der Waals surface area contributed by atoms with E-state index >= 15 is 0 Å². The molecule has 3 aromatic rings. The Bertz CT molecular complexity index is 893. The summed E-state index contributed by atoms with van der Waals surface area (Å²) in [6.07, 6.45) is -0.671. The highest BCUT2D eigenvalue weighted by Gasteiger charge is 2.29. The Morgan fingerprint density at radius 1 is 1.04 bits per heavy atom. The number of halogens is 2. The molecule has 1 saturated heterocycles. The first-order chi connectivity index (χ1) is 12.1. The fraction of sp³-hybridized carbons (Fsp3) is 0.300. The summed E-state index contributed by atoms with van der Waals surface area (Å²) >= 11 is 0. The Balaban J connectivity index is 1.83. The summed E-state index contributed by atoms with van der Waals surface area (Å²) in [5.41, 5.74) is 2.97. The van der Waals surface area contributed by atoms with Gasteiger partial charge in [0.15, 0.2) is 5.82 Å². The lowest BCUT2D eigenvalue weighted by Crippen LogP contribution is -2.24. The van der Waals surface area contributed by atoms with Gasteiger partial charge in [0.05, 0.1) is 11.6 Å². The van der Waals surface area contributed by atoms with Gasteiger partial charge in [0.1, 0.15) is 5.82 Å². The lowest BCUT2D eigenvalue weighted by Gasteiger charge is -2.27. The van der Waals surface area contributed by atoms with Crippen molar-refractivity contribution in [3.05, 3.63) is 65.5 Å². The summed E-state index contributed by atoms with van der Waals surface area (Å²) < 4.78 is 26.6. The van der Waals surface area contributed by atoms with Crippen LogP contribution in [-0.2, 0) is 0 Å². The predicted octanol–water partition coefficient (Wildman–Crippen LogP) is 5.22. The maximum absolute atomic E-state index is 13.3. The van der Waals surface area contributed by atoms with Gasteiger partial charge in [0.2, 0.25) is 0 Å². The van der Waals surface area contributed by atoms with Gasteiger partial charge in [-0.25, -0.2) is 18.7 Å². The van der Waals surface area contributed by atoms with Crippen LogP contribution < -0.4 is 4.90 Å². The Hall–Kier alpha value is -2.56. The molecule has 1 atom stereocenters. The molecule has 1 fully saturated rings.